The first-order chi connectivity index (χ1) is 20.1. The largest absolute Gasteiger partial charge is 0.506 e. The van der Waals surface area contributed by atoms with E-state index in [4.69, 9.17) is 28.1 Å². The Balaban J connectivity index is 1.56. The molecule has 3 aromatic rings. The monoisotopic (exact) mass is 592 g/mol. The number of aliphatic hydroxyl groups excluding tert-OH is 6. The molecule has 0 spiro atoms. The van der Waals surface area contributed by atoms with Gasteiger partial charge in [-0.05, 0) is 24.3 Å². The highest BCUT2D eigenvalue weighted by Crippen LogP contribution is 2.45. The van der Waals surface area contributed by atoms with Crippen LogP contribution >= 0.6 is 0 Å². The molecule has 42 heavy (non-hydrogen) atoms. The van der Waals surface area contributed by atoms with Crippen LogP contribution < -0.4 is 14.9 Å². The number of ether oxygens (including phenoxy) is 5. The standard InChI is InChI=1S/C28H32O14/c1-37-12-5-3-11(4-6-12)15-7-13(30)19-17(40-15)8-16(38-2)20(23(19)34)26-27(21(32)14(31)10-39-26)42-28-25(36)24(35)22(33)18(9-29)41-28/h3-8,14,18,21-22,24-29,31-36H,9-10H2,1-2H3. The number of hydrogen-bond acceptors (Lipinski definition) is 14. The van der Waals surface area contributed by atoms with E-state index in [2.05, 4.69) is 0 Å². The summed E-state index contributed by atoms with van der Waals surface area (Å²) in [5, 5.41) is 72.7. The number of phenolic OH excluding ortho intramolecular Hbond substituents is 1. The van der Waals surface area contributed by atoms with Gasteiger partial charge in [-0.1, -0.05) is 0 Å². The third-order valence-electron chi connectivity index (χ3n) is 7.49. The van der Waals surface area contributed by atoms with Crippen LogP contribution in [0.4, 0.5) is 0 Å². The first kappa shape index (κ1) is 30.2. The van der Waals surface area contributed by atoms with Gasteiger partial charge in [-0.2, -0.15) is 0 Å². The predicted octanol–water partition coefficient (Wildman–Crippen LogP) is -0.839. The van der Waals surface area contributed by atoms with E-state index in [9.17, 15) is 40.5 Å². The molecule has 2 aliphatic heterocycles. The average molecular weight is 593 g/mol. The Labute approximate surface area is 238 Å². The van der Waals surface area contributed by atoms with Gasteiger partial charge in [-0.25, -0.2) is 0 Å². The molecular weight excluding hydrogens is 560 g/mol. The third kappa shape index (κ3) is 5.32. The Kier molecular flexibility index (Phi) is 8.71. The van der Waals surface area contributed by atoms with E-state index < -0.39 is 79.5 Å². The van der Waals surface area contributed by atoms with Gasteiger partial charge in [0.1, 0.15) is 82.8 Å². The van der Waals surface area contributed by atoms with Crippen molar-refractivity contribution in [2.24, 2.45) is 0 Å². The highest BCUT2D eigenvalue weighted by molar-refractivity contribution is 5.88. The van der Waals surface area contributed by atoms with E-state index in [1.165, 1.54) is 26.4 Å². The van der Waals surface area contributed by atoms with Crippen molar-refractivity contribution in [1.29, 1.82) is 0 Å². The topological polar surface area (TPSA) is 218 Å². The van der Waals surface area contributed by atoms with Crippen LogP contribution in [0.1, 0.15) is 11.7 Å². The van der Waals surface area contributed by atoms with Crippen molar-refractivity contribution in [3.05, 3.63) is 52.2 Å². The second kappa shape index (κ2) is 12.1. The molecule has 7 N–H and O–H groups in total. The van der Waals surface area contributed by atoms with Crippen LogP contribution in [-0.4, -0.2) is 112 Å². The number of rotatable bonds is 7. The van der Waals surface area contributed by atoms with Crippen LogP contribution in [0.3, 0.4) is 0 Å². The molecule has 9 unspecified atom stereocenters. The van der Waals surface area contributed by atoms with Crippen molar-refractivity contribution in [2.75, 3.05) is 27.4 Å². The Morgan fingerprint density at radius 1 is 0.929 bits per heavy atom. The molecular formula is C28H32O14. The van der Waals surface area contributed by atoms with Gasteiger partial charge in [-0.3, -0.25) is 4.79 Å². The van der Waals surface area contributed by atoms with Crippen LogP contribution in [-0.2, 0) is 14.2 Å². The van der Waals surface area contributed by atoms with E-state index in [0.29, 0.717) is 11.3 Å². The molecule has 2 aliphatic rings. The molecule has 2 fully saturated rings. The van der Waals surface area contributed by atoms with Gasteiger partial charge >= 0.3 is 0 Å². The second-order valence-corrected chi connectivity index (χ2v) is 10.0. The summed E-state index contributed by atoms with van der Waals surface area (Å²) < 4.78 is 33.5. The van der Waals surface area contributed by atoms with Gasteiger partial charge in [0.25, 0.3) is 0 Å². The summed E-state index contributed by atoms with van der Waals surface area (Å²) in [4.78, 5) is 13.3. The van der Waals surface area contributed by atoms with E-state index >= 15 is 0 Å². The van der Waals surface area contributed by atoms with Crippen LogP contribution in [0.5, 0.6) is 17.2 Å². The Morgan fingerprint density at radius 2 is 1.64 bits per heavy atom. The number of hydrogen-bond donors (Lipinski definition) is 7. The lowest BCUT2D eigenvalue weighted by atomic mass is 9.91. The molecule has 14 nitrogen and oxygen atoms in total. The maximum atomic E-state index is 13.3. The minimum absolute atomic E-state index is 0.0192. The van der Waals surface area contributed by atoms with Crippen molar-refractivity contribution in [3.63, 3.8) is 0 Å². The van der Waals surface area contributed by atoms with Gasteiger partial charge in [-0.15, -0.1) is 0 Å². The maximum Gasteiger partial charge on any atom is 0.197 e. The van der Waals surface area contributed by atoms with Crippen LogP contribution in [0.2, 0.25) is 0 Å². The highest BCUT2D eigenvalue weighted by Gasteiger charge is 2.49. The van der Waals surface area contributed by atoms with Gasteiger partial charge in [0, 0.05) is 17.7 Å². The number of fused-ring (bicyclic) bond motifs is 1. The van der Waals surface area contributed by atoms with Crippen LogP contribution in [0, 0.1) is 0 Å². The fourth-order valence-electron chi connectivity index (χ4n) is 5.16. The number of aromatic hydroxyl groups is 1. The third-order valence-corrected chi connectivity index (χ3v) is 7.49. The first-order valence-electron chi connectivity index (χ1n) is 13.0. The normalized spacial score (nSPS) is 31.7. The Morgan fingerprint density at radius 3 is 2.29 bits per heavy atom. The maximum absolute atomic E-state index is 13.3. The molecule has 0 bridgehead atoms. The van der Waals surface area contributed by atoms with Gasteiger partial charge < -0.3 is 63.8 Å². The molecule has 5 rings (SSSR count). The lowest BCUT2D eigenvalue weighted by molar-refractivity contribution is -0.336. The lowest BCUT2D eigenvalue weighted by Gasteiger charge is -2.44. The summed E-state index contributed by atoms with van der Waals surface area (Å²) in [6, 6.07) is 9.32. The predicted molar refractivity (Wildman–Crippen MR) is 142 cm³/mol. The zero-order valence-electron chi connectivity index (χ0n) is 22.6. The summed E-state index contributed by atoms with van der Waals surface area (Å²) in [5.74, 6) is 0.188. The zero-order chi connectivity index (χ0) is 30.3. The fraction of sp³-hybridized carbons (Fsp3) is 0.464. The first-order valence-corrected chi connectivity index (χ1v) is 13.0. The lowest BCUT2D eigenvalue weighted by Crippen LogP contribution is -2.61. The Hall–Kier alpha value is -3.31. The molecule has 1 aromatic heterocycles. The summed E-state index contributed by atoms with van der Waals surface area (Å²) in [5.41, 5.74) is -0.187. The summed E-state index contributed by atoms with van der Waals surface area (Å²) in [7, 11) is 2.81. The molecule has 2 saturated heterocycles. The van der Waals surface area contributed by atoms with Gasteiger partial charge in [0.2, 0.25) is 0 Å². The van der Waals surface area contributed by atoms with E-state index in [-0.39, 0.29) is 28.0 Å². The summed E-state index contributed by atoms with van der Waals surface area (Å²) >= 11 is 0. The smallest absolute Gasteiger partial charge is 0.197 e. The minimum Gasteiger partial charge on any atom is -0.506 e. The van der Waals surface area contributed by atoms with E-state index in [0.717, 1.165) is 0 Å². The Bertz CT molecular complexity index is 1450. The second-order valence-electron chi connectivity index (χ2n) is 10.0. The molecule has 228 valence electrons. The minimum atomic E-state index is -1.83. The number of methoxy groups -OCH3 is 2. The van der Waals surface area contributed by atoms with Gasteiger partial charge in [0.15, 0.2) is 11.7 Å². The molecule has 9 atom stereocenters. The van der Waals surface area contributed by atoms with Crippen molar-refractivity contribution < 1.29 is 63.8 Å². The van der Waals surface area contributed by atoms with E-state index in [1.807, 2.05) is 0 Å². The molecule has 0 saturated carbocycles. The van der Waals surface area contributed by atoms with Crippen molar-refractivity contribution in [1.82, 2.24) is 0 Å². The van der Waals surface area contributed by atoms with Crippen molar-refractivity contribution in [2.45, 2.75) is 55.1 Å². The van der Waals surface area contributed by atoms with Crippen LogP contribution in [0.25, 0.3) is 22.3 Å². The van der Waals surface area contributed by atoms with E-state index in [1.54, 1.807) is 24.3 Å². The molecule has 14 heteroatoms. The summed E-state index contributed by atoms with van der Waals surface area (Å²) in [6.07, 6.45) is -14.4. The SMILES string of the molecule is COc1ccc(-c2cc(=O)c3c(O)c(C4OCC(O)C(O)C4OC4OC(CO)C(O)C(O)C4O)c(OC)cc3o2)cc1. The fourth-order valence-corrected chi connectivity index (χ4v) is 5.16. The molecule has 0 amide bonds. The highest BCUT2D eigenvalue weighted by atomic mass is 16.7. The molecule has 3 heterocycles. The molecule has 0 radical (unpaired) electrons. The van der Waals surface area contributed by atoms with Gasteiger partial charge in [0.05, 0.1) is 33.0 Å². The van der Waals surface area contributed by atoms with Crippen molar-refractivity contribution >= 4 is 11.0 Å². The van der Waals surface area contributed by atoms with Crippen molar-refractivity contribution in [3.8, 4) is 28.6 Å². The molecule has 2 aromatic carbocycles. The zero-order valence-corrected chi connectivity index (χ0v) is 22.6. The van der Waals surface area contributed by atoms with Crippen LogP contribution in [0.15, 0.2) is 45.6 Å². The summed E-state index contributed by atoms with van der Waals surface area (Å²) in [6.45, 7) is -1.14. The molecule has 0 aliphatic carbocycles. The average Bonchev–Trinajstić information content (AvgIpc) is 2.99. The number of benzene rings is 2. The number of aliphatic hydroxyl groups is 6. The number of phenols is 1. The quantitative estimate of drug-likeness (QED) is 0.178.